The van der Waals surface area contributed by atoms with Gasteiger partial charge in [0.1, 0.15) is 10.7 Å². The van der Waals surface area contributed by atoms with Crippen LogP contribution in [-0.4, -0.2) is 34.7 Å². The van der Waals surface area contributed by atoms with E-state index in [1.54, 1.807) is 0 Å². The van der Waals surface area contributed by atoms with Gasteiger partial charge in [-0.25, -0.2) is 13.4 Å². The maximum atomic E-state index is 12.1. The molecule has 0 saturated carbocycles. The molecule has 0 aliphatic carbocycles. The van der Waals surface area contributed by atoms with Gasteiger partial charge >= 0.3 is 0 Å². The standard InChI is InChI=1S/C9H11ClN6O2S2/c1-2-3-11-8-7(10)4-6(5-12-8)20(17,18)14-9-13-15-16-19-9/h4-5H,2-3H2,1H3,(H,11,12)(H,13,14,16). The van der Waals surface area contributed by atoms with Crippen molar-refractivity contribution < 1.29 is 8.42 Å². The monoisotopic (exact) mass is 334 g/mol. The van der Waals surface area contributed by atoms with E-state index in [-0.39, 0.29) is 15.0 Å². The number of anilines is 2. The van der Waals surface area contributed by atoms with Crippen LogP contribution in [0.3, 0.4) is 0 Å². The van der Waals surface area contributed by atoms with Crippen molar-refractivity contribution in [1.82, 2.24) is 19.8 Å². The summed E-state index contributed by atoms with van der Waals surface area (Å²) in [7, 11) is -3.80. The first-order valence-corrected chi connectivity index (χ1v) is 8.23. The van der Waals surface area contributed by atoms with E-state index in [2.05, 4.69) is 29.8 Å². The van der Waals surface area contributed by atoms with E-state index >= 15 is 0 Å². The van der Waals surface area contributed by atoms with Gasteiger partial charge in [-0.05, 0) is 17.7 Å². The molecule has 0 saturated heterocycles. The fraction of sp³-hybridized carbons (Fsp3) is 0.333. The van der Waals surface area contributed by atoms with Gasteiger partial charge in [0.05, 0.1) is 5.02 Å². The third kappa shape index (κ3) is 3.52. The van der Waals surface area contributed by atoms with Crippen molar-refractivity contribution in [3.63, 3.8) is 0 Å². The van der Waals surface area contributed by atoms with E-state index in [1.807, 2.05) is 6.92 Å². The fourth-order valence-electron chi connectivity index (χ4n) is 1.29. The first kappa shape index (κ1) is 14.9. The van der Waals surface area contributed by atoms with E-state index in [0.717, 1.165) is 18.0 Å². The molecule has 0 spiro atoms. The minimum atomic E-state index is -3.80. The number of pyridine rings is 1. The predicted octanol–water partition coefficient (Wildman–Crippen LogP) is 1.60. The van der Waals surface area contributed by atoms with Crippen molar-refractivity contribution >= 4 is 44.1 Å². The molecule has 11 heteroatoms. The molecule has 0 atom stereocenters. The summed E-state index contributed by atoms with van der Waals surface area (Å²) < 4.78 is 29.8. The number of aromatic nitrogens is 4. The molecule has 0 aliphatic rings. The van der Waals surface area contributed by atoms with Crippen LogP contribution in [0.1, 0.15) is 13.3 Å². The number of hydrogen-bond acceptors (Lipinski definition) is 8. The zero-order chi connectivity index (χ0) is 14.6. The Kier molecular flexibility index (Phi) is 4.68. The van der Waals surface area contributed by atoms with Crippen LogP contribution in [0.4, 0.5) is 10.9 Å². The lowest BCUT2D eigenvalue weighted by atomic mass is 10.4. The van der Waals surface area contributed by atoms with Gasteiger partial charge in [-0.3, -0.25) is 4.72 Å². The molecular formula is C9H11ClN6O2S2. The van der Waals surface area contributed by atoms with Crippen LogP contribution in [-0.2, 0) is 10.0 Å². The van der Waals surface area contributed by atoms with Crippen LogP contribution in [0.5, 0.6) is 0 Å². The summed E-state index contributed by atoms with van der Waals surface area (Å²) in [6, 6.07) is 1.32. The van der Waals surface area contributed by atoms with E-state index in [0.29, 0.717) is 12.4 Å². The summed E-state index contributed by atoms with van der Waals surface area (Å²) in [5, 5.41) is 10.1. The highest BCUT2D eigenvalue weighted by molar-refractivity contribution is 7.93. The number of hydrogen-bond donors (Lipinski definition) is 2. The Morgan fingerprint density at radius 2 is 2.25 bits per heavy atom. The maximum absolute atomic E-state index is 12.1. The second-order valence-electron chi connectivity index (χ2n) is 3.70. The smallest absolute Gasteiger partial charge is 0.265 e. The van der Waals surface area contributed by atoms with Crippen LogP contribution in [0.2, 0.25) is 5.02 Å². The fourth-order valence-corrected chi connectivity index (χ4v) is 3.14. The Bertz CT molecular complexity index is 676. The molecule has 2 heterocycles. The zero-order valence-electron chi connectivity index (χ0n) is 10.4. The van der Waals surface area contributed by atoms with E-state index in [4.69, 9.17) is 11.6 Å². The summed E-state index contributed by atoms with van der Waals surface area (Å²) >= 11 is 6.83. The molecular weight excluding hydrogens is 324 g/mol. The molecule has 0 aliphatic heterocycles. The second-order valence-corrected chi connectivity index (χ2v) is 6.52. The average Bonchev–Trinajstić information content (AvgIpc) is 2.89. The molecule has 8 nitrogen and oxygen atoms in total. The number of halogens is 1. The summed E-state index contributed by atoms with van der Waals surface area (Å²) in [5.41, 5.74) is 0. The third-order valence-corrected chi connectivity index (χ3v) is 4.42. The van der Waals surface area contributed by atoms with Gasteiger partial charge in [0, 0.05) is 24.3 Å². The Morgan fingerprint density at radius 3 is 2.85 bits per heavy atom. The average molecular weight is 335 g/mol. The first-order chi connectivity index (χ1) is 9.53. The Labute approximate surface area is 124 Å². The van der Waals surface area contributed by atoms with Crippen molar-refractivity contribution in [2.24, 2.45) is 0 Å². The highest BCUT2D eigenvalue weighted by atomic mass is 35.5. The van der Waals surface area contributed by atoms with Gasteiger partial charge in [-0.1, -0.05) is 28.1 Å². The molecule has 0 aromatic carbocycles. The predicted molar refractivity (Wildman–Crippen MR) is 76.5 cm³/mol. The van der Waals surface area contributed by atoms with Crippen LogP contribution in [0.25, 0.3) is 0 Å². The van der Waals surface area contributed by atoms with Gasteiger partial charge in [0.2, 0.25) is 5.13 Å². The van der Waals surface area contributed by atoms with E-state index in [9.17, 15) is 8.42 Å². The van der Waals surface area contributed by atoms with Crippen molar-refractivity contribution in [1.29, 1.82) is 0 Å². The molecule has 0 unspecified atom stereocenters. The highest BCUT2D eigenvalue weighted by Crippen LogP contribution is 2.23. The quantitative estimate of drug-likeness (QED) is 0.825. The molecule has 108 valence electrons. The topological polar surface area (TPSA) is 110 Å². The second kappa shape index (κ2) is 6.29. The van der Waals surface area contributed by atoms with Crippen molar-refractivity contribution in [2.45, 2.75) is 18.2 Å². The largest absolute Gasteiger partial charge is 0.369 e. The lowest BCUT2D eigenvalue weighted by Gasteiger charge is -2.08. The number of sulfonamides is 1. The Morgan fingerprint density at radius 1 is 1.45 bits per heavy atom. The molecule has 0 radical (unpaired) electrons. The van der Waals surface area contributed by atoms with Gasteiger partial charge < -0.3 is 5.32 Å². The number of nitrogens with one attached hydrogen (secondary N) is 2. The van der Waals surface area contributed by atoms with Crippen molar-refractivity contribution in [3.8, 4) is 0 Å². The first-order valence-electron chi connectivity index (χ1n) is 5.60. The maximum Gasteiger partial charge on any atom is 0.265 e. The summed E-state index contributed by atoms with van der Waals surface area (Å²) in [5.74, 6) is 0.449. The zero-order valence-corrected chi connectivity index (χ0v) is 12.8. The summed E-state index contributed by atoms with van der Waals surface area (Å²) in [6.45, 7) is 2.70. The number of nitrogens with zero attached hydrogens (tertiary/aromatic N) is 4. The van der Waals surface area contributed by atoms with Gasteiger partial charge in [-0.2, -0.15) is 0 Å². The lowest BCUT2D eigenvalue weighted by Crippen LogP contribution is -2.13. The SMILES string of the molecule is CCCNc1ncc(S(=O)(=O)Nc2nnns2)cc1Cl. The van der Waals surface area contributed by atoms with Crippen molar-refractivity contribution in [2.75, 3.05) is 16.6 Å². The van der Waals surface area contributed by atoms with Gasteiger partial charge in [0.15, 0.2) is 0 Å². The van der Waals surface area contributed by atoms with Gasteiger partial charge in [0.25, 0.3) is 10.0 Å². The summed E-state index contributed by atoms with van der Waals surface area (Å²) in [4.78, 5) is 3.95. The van der Waals surface area contributed by atoms with Crippen LogP contribution >= 0.6 is 23.1 Å². The molecule has 0 amide bonds. The molecule has 0 bridgehead atoms. The van der Waals surface area contributed by atoms with Crippen LogP contribution < -0.4 is 10.0 Å². The highest BCUT2D eigenvalue weighted by Gasteiger charge is 2.18. The summed E-state index contributed by atoms with van der Waals surface area (Å²) in [6.07, 6.45) is 2.13. The third-order valence-electron chi connectivity index (χ3n) is 2.19. The minimum absolute atomic E-state index is 0.0558. The normalized spacial score (nSPS) is 11.3. The molecule has 2 aromatic rings. The van der Waals surface area contributed by atoms with E-state index < -0.39 is 10.0 Å². The Balaban J connectivity index is 2.22. The van der Waals surface area contributed by atoms with Gasteiger partial charge in [-0.15, -0.1) is 0 Å². The molecule has 20 heavy (non-hydrogen) atoms. The Hall–Kier alpha value is -1.52. The molecule has 2 N–H and O–H groups in total. The molecule has 2 rings (SSSR count). The number of rotatable bonds is 6. The van der Waals surface area contributed by atoms with Crippen LogP contribution in [0.15, 0.2) is 17.2 Å². The van der Waals surface area contributed by atoms with Crippen LogP contribution in [0, 0.1) is 0 Å². The minimum Gasteiger partial charge on any atom is -0.369 e. The molecule has 0 fully saturated rings. The van der Waals surface area contributed by atoms with E-state index in [1.165, 1.54) is 12.3 Å². The lowest BCUT2D eigenvalue weighted by molar-refractivity contribution is 0.600. The van der Waals surface area contributed by atoms with Crippen molar-refractivity contribution in [3.05, 3.63) is 17.3 Å². The molecule has 2 aromatic heterocycles.